The van der Waals surface area contributed by atoms with Crippen LogP contribution < -0.4 is 10.6 Å². The molecule has 0 amide bonds. The van der Waals surface area contributed by atoms with Crippen LogP contribution in [0.15, 0.2) is 16.4 Å². The number of aliphatic imine (C=N–C) groups is 1. The van der Waals surface area contributed by atoms with E-state index in [1.807, 2.05) is 0 Å². The van der Waals surface area contributed by atoms with Crippen molar-refractivity contribution in [1.82, 2.24) is 10.6 Å². The SMILES string of the molecule is CCNC(=NCc1sccc1C)NCCOC. The molecule has 0 aromatic carbocycles. The summed E-state index contributed by atoms with van der Waals surface area (Å²) in [6, 6.07) is 2.13. The Morgan fingerprint density at radius 2 is 2.29 bits per heavy atom. The Balaban J connectivity index is 2.48. The van der Waals surface area contributed by atoms with E-state index in [2.05, 4.69) is 40.9 Å². The molecule has 1 aromatic heterocycles. The molecule has 2 N–H and O–H groups in total. The summed E-state index contributed by atoms with van der Waals surface area (Å²) in [4.78, 5) is 5.85. The highest BCUT2D eigenvalue weighted by Crippen LogP contribution is 2.16. The fourth-order valence-corrected chi connectivity index (χ4v) is 2.16. The average Bonchev–Trinajstić information content (AvgIpc) is 2.72. The first-order chi connectivity index (χ1) is 8.27. The van der Waals surface area contributed by atoms with Crippen molar-refractivity contribution in [3.05, 3.63) is 21.9 Å². The molecule has 0 bridgehead atoms. The molecule has 0 radical (unpaired) electrons. The van der Waals surface area contributed by atoms with Crippen molar-refractivity contribution < 1.29 is 4.74 Å². The molecule has 0 aliphatic carbocycles. The molecule has 1 rings (SSSR count). The first-order valence-electron chi connectivity index (χ1n) is 5.82. The molecule has 0 fully saturated rings. The lowest BCUT2D eigenvalue weighted by molar-refractivity contribution is 0.203. The first kappa shape index (κ1) is 14.0. The highest BCUT2D eigenvalue weighted by atomic mass is 32.1. The van der Waals surface area contributed by atoms with Crippen molar-refractivity contribution >= 4 is 17.3 Å². The highest BCUT2D eigenvalue weighted by molar-refractivity contribution is 7.10. The molecular weight excluding hydrogens is 234 g/mol. The molecule has 96 valence electrons. The van der Waals surface area contributed by atoms with E-state index in [1.165, 1.54) is 10.4 Å². The summed E-state index contributed by atoms with van der Waals surface area (Å²) in [7, 11) is 1.70. The topological polar surface area (TPSA) is 45.7 Å². The number of rotatable bonds is 6. The molecule has 0 unspecified atom stereocenters. The highest BCUT2D eigenvalue weighted by Gasteiger charge is 2.00. The van der Waals surface area contributed by atoms with E-state index in [9.17, 15) is 0 Å². The number of hydrogen-bond donors (Lipinski definition) is 2. The number of nitrogens with zero attached hydrogens (tertiary/aromatic N) is 1. The molecule has 0 saturated heterocycles. The predicted molar refractivity (Wildman–Crippen MR) is 73.8 cm³/mol. The van der Waals surface area contributed by atoms with Crippen LogP contribution in [0.25, 0.3) is 0 Å². The Kier molecular flexibility index (Phi) is 6.65. The molecule has 0 aliphatic heterocycles. The van der Waals surface area contributed by atoms with Gasteiger partial charge in [0.05, 0.1) is 13.2 Å². The normalized spacial score (nSPS) is 11.6. The van der Waals surface area contributed by atoms with Crippen molar-refractivity contribution in [2.24, 2.45) is 4.99 Å². The van der Waals surface area contributed by atoms with Crippen molar-refractivity contribution in [2.45, 2.75) is 20.4 Å². The predicted octanol–water partition coefficient (Wildman–Crippen LogP) is 1.76. The molecule has 0 aliphatic rings. The van der Waals surface area contributed by atoms with Crippen molar-refractivity contribution in [1.29, 1.82) is 0 Å². The second-order valence-electron chi connectivity index (χ2n) is 3.64. The van der Waals surface area contributed by atoms with E-state index in [-0.39, 0.29) is 0 Å². The Morgan fingerprint density at radius 3 is 2.88 bits per heavy atom. The smallest absolute Gasteiger partial charge is 0.191 e. The number of thiophene rings is 1. The number of hydrogen-bond acceptors (Lipinski definition) is 3. The lowest BCUT2D eigenvalue weighted by Crippen LogP contribution is -2.38. The van der Waals surface area contributed by atoms with Gasteiger partial charge >= 0.3 is 0 Å². The van der Waals surface area contributed by atoms with Crippen LogP contribution in [-0.2, 0) is 11.3 Å². The second-order valence-corrected chi connectivity index (χ2v) is 4.64. The van der Waals surface area contributed by atoms with Gasteiger partial charge in [-0.1, -0.05) is 0 Å². The van der Waals surface area contributed by atoms with Crippen LogP contribution in [0.5, 0.6) is 0 Å². The van der Waals surface area contributed by atoms with Gasteiger partial charge in [0.25, 0.3) is 0 Å². The Hall–Kier alpha value is -1.07. The maximum absolute atomic E-state index is 5.00. The largest absolute Gasteiger partial charge is 0.383 e. The lowest BCUT2D eigenvalue weighted by atomic mass is 10.3. The standard InChI is InChI=1S/C12H21N3OS/c1-4-13-12(14-6-7-16-3)15-9-11-10(2)5-8-17-11/h5,8H,4,6-7,9H2,1-3H3,(H2,13,14,15). The summed E-state index contributed by atoms with van der Waals surface area (Å²) in [5.41, 5.74) is 1.31. The van der Waals surface area contributed by atoms with E-state index in [4.69, 9.17) is 4.74 Å². The average molecular weight is 255 g/mol. The summed E-state index contributed by atoms with van der Waals surface area (Å²) in [6.45, 7) is 7.22. The van der Waals surface area contributed by atoms with Crippen LogP contribution >= 0.6 is 11.3 Å². The third-order valence-corrected chi connectivity index (χ3v) is 3.30. The van der Waals surface area contributed by atoms with E-state index >= 15 is 0 Å². The zero-order chi connectivity index (χ0) is 12.5. The maximum Gasteiger partial charge on any atom is 0.191 e. The van der Waals surface area contributed by atoms with Gasteiger partial charge in [0.1, 0.15) is 0 Å². The van der Waals surface area contributed by atoms with E-state index in [0.29, 0.717) is 6.61 Å². The van der Waals surface area contributed by atoms with Crippen LogP contribution in [0.2, 0.25) is 0 Å². The number of nitrogens with one attached hydrogen (secondary N) is 2. The lowest BCUT2D eigenvalue weighted by Gasteiger charge is -2.10. The number of guanidine groups is 1. The Morgan fingerprint density at radius 1 is 1.47 bits per heavy atom. The minimum absolute atomic E-state index is 0.683. The third kappa shape index (κ3) is 5.19. The molecule has 4 nitrogen and oxygen atoms in total. The number of ether oxygens (including phenoxy) is 1. The summed E-state index contributed by atoms with van der Waals surface area (Å²) in [5.74, 6) is 0.845. The van der Waals surface area contributed by atoms with Gasteiger partial charge in [0, 0.05) is 25.1 Å². The monoisotopic (exact) mass is 255 g/mol. The van der Waals surface area contributed by atoms with Crippen molar-refractivity contribution in [2.75, 3.05) is 26.8 Å². The maximum atomic E-state index is 5.00. The van der Waals surface area contributed by atoms with Crippen LogP contribution in [0, 0.1) is 6.92 Å². The van der Waals surface area contributed by atoms with Gasteiger partial charge in [-0.3, -0.25) is 0 Å². The van der Waals surface area contributed by atoms with Crippen molar-refractivity contribution in [3.63, 3.8) is 0 Å². The van der Waals surface area contributed by atoms with Gasteiger partial charge in [0.15, 0.2) is 5.96 Å². The van der Waals surface area contributed by atoms with Gasteiger partial charge < -0.3 is 15.4 Å². The van der Waals surface area contributed by atoms with Crippen LogP contribution in [-0.4, -0.2) is 32.8 Å². The summed E-state index contributed by atoms with van der Waals surface area (Å²) < 4.78 is 5.00. The third-order valence-electron chi connectivity index (χ3n) is 2.29. The quantitative estimate of drug-likeness (QED) is 0.462. The van der Waals surface area contributed by atoms with Gasteiger partial charge in [-0.15, -0.1) is 11.3 Å². The van der Waals surface area contributed by atoms with Crippen LogP contribution in [0.4, 0.5) is 0 Å². The number of aryl methyl sites for hydroxylation is 1. The second kappa shape index (κ2) is 8.08. The van der Waals surface area contributed by atoms with E-state index in [1.54, 1.807) is 18.4 Å². The number of methoxy groups -OCH3 is 1. The zero-order valence-electron chi connectivity index (χ0n) is 10.7. The Labute approximate surface area is 107 Å². The van der Waals surface area contributed by atoms with Gasteiger partial charge in [-0.05, 0) is 30.9 Å². The van der Waals surface area contributed by atoms with Crippen LogP contribution in [0.3, 0.4) is 0 Å². The van der Waals surface area contributed by atoms with E-state index in [0.717, 1.165) is 25.6 Å². The van der Waals surface area contributed by atoms with E-state index < -0.39 is 0 Å². The summed E-state index contributed by atoms with van der Waals surface area (Å²) in [5, 5.41) is 8.54. The molecule has 1 aromatic rings. The Bertz CT molecular complexity index is 349. The minimum Gasteiger partial charge on any atom is -0.383 e. The fraction of sp³-hybridized carbons (Fsp3) is 0.583. The molecule has 1 heterocycles. The van der Waals surface area contributed by atoms with Gasteiger partial charge in [-0.2, -0.15) is 0 Å². The first-order valence-corrected chi connectivity index (χ1v) is 6.70. The van der Waals surface area contributed by atoms with Crippen molar-refractivity contribution in [3.8, 4) is 0 Å². The molecule has 0 spiro atoms. The fourth-order valence-electron chi connectivity index (χ4n) is 1.33. The molecule has 17 heavy (non-hydrogen) atoms. The molecular formula is C12H21N3OS. The zero-order valence-corrected chi connectivity index (χ0v) is 11.6. The van der Waals surface area contributed by atoms with Gasteiger partial charge in [-0.25, -0.2) is 4.99 Å². The molecule has 5 heteroatoms. The molecule has 0 saturated carbocycles. The minimum atomic E-state index is 0.683. The van der Waals surface area contributed by atoms with Gasteiger partial charge in [0.2, 0.25) is 0 Å². The summed E-state index contributed by atoms with van der Waals surface area (Å²) in [6.07, 6.45) is 0. The molecule has 0 atom stereocenters. The van der Waals surface area contributed by atoms with Crippen LogP contribution in [0.1, 0.15) is 17.4 Å². The summed E-state index contributed by atoms with van der Waals surface area (Å²) >= 11 is 1.75.